The van der Waals surface area contributed by atoms with Gasteiger partial charge in [0, 0.05) is 82.4 Å². The molecule has 68 heavy (non-hydrogen) atoms. The number of piperidine rings is 1. The Morgan fingerprint density at radius 2 is 1.53 bits per heavy atom. The lowest BCUT2D eigenvalue weighted by Crippen LogP contribution is -2.51. The Kier molecular flexibility index (Phi) is 12.4. The molecule has 10 rings (SSSR count). The normalized spacial score (nSPS) is 20.3. The van der Waals surface area contributed by atoms with Crippen LogP contribution < -0.4 is 30.4 Å². The van der Waals surface area contributed by atoms with E-state index in [1.807, 2.05) is 48.5 Å². The third kappa shape index (κ3) is 8.41. The highest BCUT2D eigenvalue weighted by molar-refractivity contribution is 6.06. The molecule has 1 N–H and O–H groups in total. The minimum absolute atomic E-state index is 0.141. The van der Waals surface area contributed by atoms with Gasteiger partial charge in [-0.15, -0.1) is 5.10 Å². The number of imide groups is 1. The number of halogens is 1. The van der Waals surface area contributed by atoms with Gasteiger partial charge in [-0.1, -0.05) is 37.3 Å². The second-order valence-electron chi connectivity index (χ2n) is 18.1. The molecule has 1 saturated carbocycles. The summed E-state index contributed by atoms with van der Waals surface area (Å²) in [6.45, 7) is 6.70. The molecule has 6 heterocycles. The maximum atomic E-state index is 15.5. The predicted molar refractivity (Wildman–Crippen MR) is 258 cm³/mol. The van der Waals surface area contributed by atoms with Crippen molar-refractivity contribution in [3.63, 3.8) is 0 Å². The van der Waals surface area contributed by atoms with Crippen molar-refractivity contribution in [2.24, 2.45) is 7.05 Å². The van der Waals surface area contributed by atoms with Gasteiger partial charge in [0.1, 0.15) is 11.6 Å². The number of piperazine rings is 1. The number of pyridine rings is 2. The molecule has 16 heteroatoms. The Morgan fingerprint density at radius 3 is 2.24 bits per heavy atom. The van der Waals surface area contributed by atoms with Crippen molar-refractivity contribution in [3.05, 3.63) is 130 Å². The van der Waals surface area contributed by atoms with Crippen LogP contribution in [0.15, 0.2) is 102 Å². The van der Waals surface area contributed by atoms with Gasteiger partial charge in [-0.3, -0.25) is 34.6 Å². The molecule has 0 bridgehead atoms. The first-order valence-corrected chi connectivity index (χ1v) is 23.6. The van der Waals surface area contributed by atoms with E-state index < -0.39 is 5.92 Å². The predicted octanol–water partition coefficient (Wildman–Crippen LogP) is 7.22. The summed E-state index contributed by atoms with van der Waals surface area (Å²) in [5, 5.41) is 6.68. The summed E-state index contributed by atoms with van der Waals surface area (Å²) in [7, 11) is 3.09. The van der Waals surface area contributed by atoms with E-state index in [0.29, 0.717) is 49.0 Å². The number of carbonyl (C=O) groups excluding carboxylic acids is 3. The maximum absolute atomic E-state index is 15.5. The lowest BCUT2D eigenvalue weighted by Gasteiger charge is -2.42. The molecule has 1 unspecified atom stereocenters. The van der Waals surface area contributed by atoms with E-state index in [1.54, 1.807) is 35.4 Å². The van der Waals surface area contributed by atoms with Crippen LogP contribution in [0.4, 0.5) is 26.4 Å². The summed E-state index contributed by atoms with van der Waals surface area (Å²) in [6, 6.07) is 25.9. The van der Waals surface area contributed by atoms with E-state index >= 15 is 4.39 Å². The average Bonchev–Trinajstić information content (AvgIpc) is 3.90. The van der Waals surface area contributed by atoms with Crippen molar-refractivity contribution in [2.75, 3.05) is 61.1 Å². The van der Waals surface area contributed by atoms with Gasteiger partial charge in [-0.05, 0) is 126 Å². The Morgan fingerprint density at radius 1 is 0.765 bits per heavy atom. The summed E-state index contributed by atoms with van der Waals surface area (Å²) in [5.41, 5.74) is 8.17. The van der Waals surface area contributed by atoms with E-state index in [1.165, 1.54) is 22.4 Å². The maximum Gasteiger partial charge on any atom is 0.353 e. The SMILES string of the molecule is CCc1c(-c2ccc(-n3c(OC)nn(C)c3=O)cc2-c2ccc(N3CCN(C4CCC(c5ccc(C6CCC(=O)NC6=O)cc5F)CC4)CC3)cc2)ccnc1N1CCN(c2cccnc2)C1=O. The standard InChI is InChI=1S/C52H55FN10O5/c1-4-40-44(21-23-55-48(40)62-29-28-61(52(62)67)39-6-5-22-54-32-39)43-18-16-38(63-50(68-3)57-58(2)51(63)66)31-45(43)34-9-14-37(15-10-34)60-26-24-59(25-27-60)36-12-7-33(8-13-36)41-17-11-35(30-46(41)53)42-19-20-47(64)56-49(42)65/h5-6,9-11,14-18,21-23,30-33,36,42H,4,7-8,12-13,19-20,24-29H2,1-3H3,(H,56,64,65). The fourth-order valence-corrected chi connectivity index (χ4v) is 10.8. The van der Waals surface area contributed by atoms with Gasteiger partial charge in [-0.25, -0.2) is 28.2 Å². The van der Waals surface area contributed by atoms with Crippen LogP contribution in [0.5, 0.6) is 6.01 Å². The van der Waals surface area contributed by atoms with Crippen LogP contribution in [0.1, 0.15) is 74.0 Å². The Labute approximate surface area is 394 Å². The summed E-state index contributed by atoms with van der Waals surface area (Å²) in [4.78, 5) is 68.8. The van der Waals surface area contributed by atoms with Crippen LogP contribution in [0.2, 0.25) is 0 Å². The molecule has 4 fully saturated rings. The first-order chi connectivity index (χ1) is 33.1. The van der Waals surface area contributed by atoms with Gasteiger partial charge in [0.05, 0.1) is 30.6 Å². The first-order valence-electron chi connectivity index (χ1n) is 23.6. The molecule has 4 amide bonds. The number of carbonyl (C=O) groups is 3. The molecular formula is C52H55FN10O5. The molecule has 0 spiro atoms. The number of ether oxygens (including phenoxy) is 1. The summed E-state index contributed by atoms with van der Waals surface area (Å²) < 4.78 is 23.8. The number of aromatic nitrogens is 5. The van der Waals surface area contributed by atoms with Crippen LogP contribution in [0.25, 0.3) is 27.9 Å². The van der Waals surface area contributed by atoms with Gasteiger partial charge in [-0.2, -0.15) is 0 Å². The minimum atomic E-state index is -0.493. The molecule has 4 aliphatic rings. The number of benzene rings is 3. The van der Waals surface area contributed by atoms with Crippen molar-refractivity contribution in [3.8, 4) is 34.0 Å². The lowest BCUT2D eigenvalue weighted by atomic mass is 9.80. The van der Waals surface area contributed by atoms with Crippen molar-refractivity contribution in [1.82, 2.24) is 34.5 Å². The Balaban J connectivity index is 0.857. The number of urea groups is 1. The molecule has 15 nitrogen and oxygen atoms in total. The molecule has 1 atom stereocenters. The number of amides is 4. The second-order valence-corrected chi connectivity index (χ2v) is 18.1. The fourth-order valence-electron chi connectivity index (χ4n) is 10.8. The quantitative estimate of drug-likeness (QED) is 0.132. The molecule has 350 valence electrons. The molecule has 6 aromatic rings. The second kappa shape index (κ2) is 18.8. The lowest BCUT2D eigenvalue weighted by molar-refractivity contribution is -0.134. The number of nitrogens with one attached hydrogen (secondary N) is 1. The molecule has 3 aliphatic heterocycles. The number of hydrogen-bond donors (Lipinski definition) is 1. The highest BCUT2D eigenvalue weighted by Crippen LogP contribution is 2.41. The van der Waals surface area contributed by atoms with Crippen molar-refractivity contribution >= 4 is 35.0 Å². The van der Waals surface area contributed by atoms with Gasteiger partial charge >= 0.3 is 17.7 Å². The molecule has 3 saturated heterocycles. The summed E-state index contributed by atoms with van der Waals surface area (Å²) in [6.07, 6.45) is 10.3. The zero-order valence-electron chi connectivity index (χ0n) is 38.6. The van der Waals surface area contributed by atoms with Gasteiger partial charge in [0.2, 0.25) is 11.8 Å². The zero-order chi connectivity index (χ0) is 47.1. The molecule has 0 radical (unpaired) electrons. The molecule has 3 aromatic heterocycles. The van der Waals surface area contributed by atoms with Gasteiger partial charge in [0.15, 0.2) is 0 Å². The first kappa shape index (κ1) is 44.6. The summed E-state index contributed by atoms with van der Waals surface area (Å²) >= 11 is 0. The average molecular weight is 919 g/mol. The Hall–Kier alpha value is -7.20. The number of nitrogens with zero attached hydrogens (tertiary/aromatic N) is 9. The van der Waals surface area contributed by atoms with Crippen molar-refractivity contribution in [1.29, 1.82) is 0 Å². The zero-order valence-corrected chi connectivity index (χ0v) is 38.6. The number of methoxy groups -OCH3 is 1. The van der Waals surface area contributed by atoms with Crippen LogP contribution in [0.3, 0.4) is 0 Å². The van der Waals surface area contributed by atoms with E-state index in [9.17, 15) is 19.2 Å². The van der Waals surface area contributed by atoms with E-state index in [-0.39, 0.29) is 47.7 Å². The van der Waals surface area contributed by atoms with E-state index in [4.69, 9.17) is 9.72 Å². The van der Waals surface area contributed by atoms with Crippen LogP contribution in [0, 0.1) is 5.82 Å². The van der Waals surface area contributed by atoms with Crippen LogP contribution in [-0.4, -0.2) is 99.5 Å². The summed E-state index contributed by atoms with van der Waals surface area (Å²) in [5.74, 6) is -0.610. The Bertz CT molecular complexity index is 2920. The third-order valence-electron chi connectivity index (χ3n) is 14.4. The smallest absolute Gasteiger partial charge is 0.353 e. The van der Waals surface area contributed by atoms with E-state index in [0.717, 1.165) is 96.6 Å². The molecule has 3 aromatic carbocycles. The van der Waals surface area contributed by atoms with Crippen molar-refractivity contribution in [2.45, 2.75) is 69.7 Å². The third-order valence-corrected chi connectivity index (χ3v) is 14.4. The van der Waals surface area contributed by atoms with Crippen LogP contribution in [-0.2, 0) is 23.1 Å². The number of hydrogen-bond acceptors (Lipinski definition) is 10. The molecule has 1 aliphatic carbocycles. The number of anilines is 3. The fraction of sp³-hybridized carbons (Fsp3) is 0.365. The monoisotopic (exact) mass is 918 g/mol. The van der Waals surface area contributed by atoms with Gasteiger partial charge in [0.25, 0.3) is 0 Å². The number of aryl methyl sites for hydroxylation is 1. The number of rotatable bonds is 11. The van der Waals surface area contributed by atoms with Crippen molar-refractivity contribution < 1.29 is 23.5 Å². The van der Waals surface area contributed by atoms with E-state index in [2.05, 4.69) is 56.4 Å². The molecular weight excluding hydrogens is 864 g/mol. The highest BCUT2D eigenvalue weighted by Gasteiger charge is 2.35. The van der Waals surface area contributed by atoms with Crippen LogP contribution >= 0.6 is 0 Å². The highest BCUT2D eigenvalue weighted by atomic mass is 19.1. The topological polar surface area (TPSA) is 151 Å². The largest absolute Gasteiger partial charge is 0.467 e. The van der Waals surface area contributed by atoms with Gasteiger partial charge < -0.3 is 9.64 Å². The minimum Gasteiger partial charge on any atom is -0.467 e.